The van der Waals surface area contributed by atoms with Crippen molar-refractivity contribution in [2.75, 3.05) is 0 Å². The molecule has 1 N–H and O–H groups in total. The Labute approximate surface area is 91.1 Å². The topological polar surface area (TPSA) is 37.3 Å². The maximum atomic E-state index is 10.8. The van der Waals surface area contributed by atoms with Crippen LogP contribution in [-0.2, 0) is 0 Å². The summed E-state index contributed by atoms with van der Waals surface area (Å²) in [6.45, 7) is 4.10. The van der Waals surface area contributed by atoms with Crippen LogP contribution in [0.15, 0.2) is 18.2 Å². The van der Waals surface area contributed by atoms with Crippen molar-refractivity contribution in [2.45, 2.75) is 19.8 Å². The Balaban J connectivity index is 3.19. The molecule has 0 atom stereocenters. The molecule has 0 unspecified atom stereocenters. The number of carboxylic acids is 1. The van der Waals surface area contributed by atoms with Crippen molar-refractivity contribution >= 4 is 28.6 Å². The van der Waals surface area contributed by atoms with Gasteiger partial charge in [-0.1, -0.05) is 19.9 Å². The van der Waals surface area contributed by atoms with Crippen LogP contribution in [0.2, 0.25) is 0 Å². The number of carboxylic acid groups (broad SMARTS) is 1. The molecular weight excluding hydrogens is 279 g/mol. The number of halogens is 1. The lowest BCUT2D eigenvalue weighted by Crippen LogP contribution is -2.01. The SMILES string of the molecule is CC(C)c1ccc(I)c(C(=O)O)c1. The van der Waals surface area contributed by atoms with Gasteiger partial charge in [0.25, 0.3) is 0 Å². The molecular formula is C10H11IO2. The van der Waals surface area contributed by atoms with Gasteiger partial charge in [-0.2, -0.15) is 0 Å². The summed E-state index contributed by atoms with van der Waals surface area (Å²) >= 11 is 2.03. The molecule has 0 saturated heterocycles. The highest BCUT2D eigenvalue weighted by atomic mass is 127. The molecule has 0 bridgehead atoms. The van der Waals surface area contributed by atoms with Crippen LogP contribution in [0.1, 0.15) is 35.7 Å². The van der Waals surface area contributed by atoms with E-state index >= 15 is 0 Å². The van der Waals surface area contributed by atoms with Crippen LogP contribution < -0.4 is 0 Å². The second kappa shape index (κ2) is 4.09. The Hall–Kier alpha value is -0.580. The van der Waals surface area contributed by atoms with Crippen molar-refractivity contribution in [3.05, 3.63) is 32.9 Å². The average Bonchev–Trinajstić information content (AvgIpc) is 2.04. The van der Waals surface area contributed by atoms with Crippen LogP contribution >= 0.6 is 22.6 Å². The predicted octanol–water partition coefficient (Wildman–Crippen LogP) is 3.11. The summed E-state index contributed by atoms with van der Waals surface area (Å²) in [6.07, 6.45) is 0. The molecule has 70 valence electrons. The van der Waals surface area contributed by atoms with E-state index in [-0.39, 0.29) is 0 Å². The van der Waals surface area contributed by atoms with Gasteiger partial charge in [-0.15, -0.1) is 0 Å². The van der Waals surface area contributed by atoms with Gasteiger partial charge in [-0.3, -0.25) is 0 Å². The lowest BCUT2D eigenvalue weighted by Gasteiger charge is -2.07. The Morgan fingerprint density at radius 1 is 1.46 bits per heavy atom. The third-order valence-electron chi connectivity index (χ3n) is 1.89. The highest BCUT2D eigenvalue weighted by Crippen LogP contribution is 2.20. The second-order valence-electron chi connectivity index (χ2n) is 3.20. The van der Waals surface area contributed by atoms with Crippen LogP contribution in [0.25, 0.3) is 0 Å². The second-order valence-corrected chi connectivity index (χ2v) is 4.36. The molecule has 0 saturated carbocycles. The molecule has 0 radical (unpaired) electrons. The predicted molar refractivity (Wildman–Crippen MR) is 60.2 cm³/mol. The molecule has 2 nitrogen and oxygen atoms in total. The van der Waals surface area contributed by atoms with E-state index in [2.05, 4.69) is 0 Å². The zero-order valence-electron chi connectivity index (χ0n) is 7.54. The maximum absolute atomic E-state index is 10.8. The van der Waals surface area contributed by atoms with E-state index in [9.17, 15) is 4.79 Å². The van der Waals surface area contributed by atoms with Gasteiger partial charge in [0.05, 0.1) is 5.56 Å². The molecule has 1 aromatic carbocycles. The maximum Gasteiger partial charge on any atom is 0.336 e. The summed E-state index contributed by atoms with van der Waals surface area (Å²) < 4.78 is 0.787. The third kappa shape index (κ3) is 2.43. The molecule has 0 aliphatic heterocycles. The average molecular weight is 290 g/mol. The monoisotopic (exact) mass is 290 g/mol. The molecule has 0 aliphatic rings. The van der Waals surface area contributed by atoms with Gasteiger partial charge in [0.2, 0.25) is 0 Å². The number of carbonyl (C=O) groups is 1. The van der Waals surface area contributed by atoms with Gasteiger partial charge in [-0.05, 0) is 46.2 Å². The summed E-state index contributed by atoms with van der Waals surface area (Å²) in [5.41, 5.74) is 1.46. The number of aromatic carboxylic acids is 1. The molecule has 13 heavy (non-hydrogen) atoms. The first-order valence-corrected chi connectivity index (χ1v) is 5.13. The fourth-order valence-electron chi connectivity index (χ4n) is 1.07. The van der Waals surface area contributed by atoms with Crippen LogP contribution in [0, 0.1) is 3.57 Å². The van der Waals surface area contributed by atoms with E-state index in [0.717, 1.165) is 9.13 Å². The summed E-state index contributed by atoms with van der Waals surface area (Å²) in [6, 6.07) is 5.56. The van der Waals surface area contributed by atoms with Gasteiger partial charge >= 0.3 is 5.97 Å². The highest BCUT2D eigenvalue weighted by Gasteiger charge is 2.09. The summed E-state index contributed by atoms with van der Waals surface area (Å²) in [5.74, 6) is -0.484. The largest absolute Gasteiger partial charge is 0.478 e. The van der Waals surface area contributed by atoms with Crippen molar-refractivity contribution in [1.82, 2.24) is 0 Å². The van der Waals surface area contributed by atoms with Crippen LogP contribution in [-0.4, -0.2) is 11.1 Å². The van der Waals surface area contributed by atoms with E-state index in [1.807, 2.05) is 48.6 Å². The molecule has 0 amide bonds. The van der Waals surface area contributed by atoms with Crippen LogP contribution in [0.3, 0.4) is 0 Å². The molecule has 0 aromatic heterocycles. The fourth-order valence-corrected chi connectivity index (χ4v) is 1.63. The Kier molecular flexibility index (Phi) is 3.30. The number of hydrogen-bond acceptors (Lipinski definition) is 1. The molecule has 0 aliphatic carbocycles. The molecule has 3 heteroatoms. The first kappa shape index (κ1) is 10.5. The van der Waals surface area contributed by atoms with E-state index in [1.165, 1.54) is 0 Å². The van der Waals surface area contributed by atoms with Gasteiger partial charge < -0.3 is 5.11 Å². The van der Waals surface area contributed by atoms with Crippen molar-refractivity contribution in [2.24, 2.45) is 0 Å². The normalized spacial score (nSPS) is 10.5. The summed E-state index contributed by atoms with van der Waals surface area (Å²) in [4.78, 5) is 10.8. The minimum atomic E-state index is -0.855. The van der Waals surface area contributed by atoms with Crippen LogP contribution in [0.4, 0.5) is 0 Å². The highest BCUT2D eigenvalue weighted by molar-refractivity contribution is 14.1. The van der Waals surface area contributed by atoms with Gasteiger partial charge in [0.1, 0.15) is 0 Å². The molecule has 1 aromatic rings. The zero-order valence-corrected chi connectivity index (χ0v) is 9.70. The summed E-state index contributed by atoms with van der Waals surface area (Å²) in [7, 11) is 0. The smallest absolute Gasteiger partial charge is 0.336 e. The Morgan fingerprint density at radius 3 is 2.54 bits per heavy atom. The molecule has 0 fully saturated rings. The van der Waals surface area contributed by atoms with E-state index in [1.54, 1.807) is 6.07 Å². The number of rotatable bonds is 2. The molecule has 0 spiro atoms. The van der Waals surface area contributed by atoms with E-state index in [0.29, 0.717) is 11.5 Å². The minimum absolute atomic E-state index is 0.370. The van der Waals surface area contributed by atoms with Gasteiger partial charge in [0.15, 0.2) is 0 Å². The zero-order chi connectivity index (χ0) is 10.0. The lowest BCUT2D eigenvalue weighted by atomic mass is 10.0. The minimum Gasteiger partial charge on any atom is -0.478 e. The first-order chi connectivity index (χ1) is 6.02. The van der Waals surface area contributed by atoms with E-state index < -0.39 is 5.97 Å². The first-order valence-electron chi connectivity index (χ1n) is 4.05. The van der Waals surface area contributed by atoms with Gasteiger partial charge in [0, 0.05) is 3.57 Å². The van der Waals surface area contributed by atoms with Crippen molar-refractivity contribution in [3.63, 3.8) is 0 Å². The third-order valence-corrected chi connectivity index (χ3v) is 2.83. The van der Waals surface area contributed by atoms with Crippen LogP contribution in [0.5, 0.6) is 0 Å². The molecule has 0 heterocycles. The van der Waals surface area contributed by atoms with Gasteiger partial charge in [-0.25, -0.2) is 4.79 Å². The van der Waals surface area contributed by atoms with Crippen molar-refractivity contribution < 1.29 is 9.90 Å². The van der Waals surface area contributed by atoms with Crippen molar-refractivity contribution in [3.8, 4) is 0 Å². The Bertz CT molecular complexity index is 332. The molecule has 1 rings (SSSR count). The summed E-state index contributed by atoms with van der Waals surface area (Å²) in [5, 5.41) is 8.87. The standard InChI is InChI=1S/C10H11IO2/c1-6(2)7-3-4-9(11)8(5-7)10(12)13/h3-6H,1-2H3,(H,12,13). The number of hydrogen-bond donors (Lipinski definition) is 1. The quantitative estimate of drug-likeness (QED) is 0.850. The Morgan fingerprint density at radius 2 is 2.08 bits per heavy atom. The fraction of sp³-hybridized carbons (Fsp3) is 0.300. The lowest BCUT2D eigenvalue weighted by molar-refractivity contribution is 0.0695. The van der Waals surface area contributed by atoms with E-state index in [4.69, 9.17) is 5.11 Å². The van der Waals surface area contributed by atoms with Crippen molar-refractivity contribution in [1.29, 1.82) is 0 Å². The number of benzene rings is 1.